The Morgan fingerprint density at radius 3 is 2.62 bits per heavy atom. The lowest BCUT2D eigenvalue weighted by Gasteiger charge is -2.27. The summed E-state index contributed by atoms with van der Waals surface area (Å²) >= 11 is 0. The largest absolute Gasteiger partial charge is 0.355 e. The Hall–Kier alpha value is -1.35. The highest BCUT2D eigenvalue weighted by Gasteiger charge is 2.16. The molecule has 0 saturated carbocycles. The molecular weight excluding hydrogens is 200 g/mol. The highest BCUT2D eigenvalue weighted by atomic mass is 16.1. The summed E-state index contributed by atoms with van der Waals surface area (Å²) in [5, 5.41) is 6.16. The van der Waals surface area contributed by atoms with Gasteiger partial charge in [0.1, 0.15) is 0 Å². The Bertz CT molecular complexity index is 355. The number of carbonyl (C=O) groups is 1. The molecule has 0 bridgehead atoms. The van der Waals surface area contributed by atoms with E-state index in [0.29, 0.717) is 12.3 Å². The van der Waals surface area contributed by atoms with Crippen LogP contribution in [0, 0.1) is 12.8 Å². The SMILES string of the molecule is Cc1ccc(CC(=O)NCC2CNC2)cc1. The van der Waals surface area contributed by atoms with Crippen molar-refractivity contribution >= 4 is 5.91 Å². The Morgan fingerprint density at radius 2 is 2.06 bits per heavy atom. The van der Waals surface area contributed by atoms with Crippen LogP contribution in [-0.2, 0) is 11.2 Å². The monoisotopic (exact) mass is 218 g/mol. The first-order valence-corrected chi connectivity index (χ1v) is 5.77. The van der Waals surface area contributed by atoms with Crippen molar-refractivity contribution < 1.29 is 4.79 Å². The fraction of sp³-hybridized carbons (Fsp3) is 0.462. The molecule has 0 atom stereocenters. The molecule has 0 unspecified atom stereocenters. The lowest BCUT2D eigenvalue weighted by molar-refractivity contribution is -0.120. The zero-order chi connectivity index (χ0) is 11.4. The molecule has 0 aliphatic carbocycles. The van der Waals surface area contributed by atoms with Crippen molar-refractivity contribution in [2.75, 3.05) is 19.6 Å². The first kappa shape index (κ1) is 11.1. The van der Waals surface area contributed by atoms with Gasteiger partial charge in [-0.05, 0) is 12.5 Å². The standard InChI is InChI=1S/C13H18N2O/c1-10-2-4-11(5-3-10)6-13(16)15-9-12-7-14-8-12/h2-5,12,14H,6-9H2,1H3,(H,15,16). The number of rotatable bonds is 4. The number of nitrogens with one attached hydrogen (secondary N) is 2. The van der Waals surface area contributed by atoms with Crippen LogP contribution in [0.1, 0.15) is 11.1 Å². The number of hydrogen-bond donors (Lipinski definition) is 2. The quantitative estimate of drug-likeness (QED) is 0.787. The van der Waals surface area contributed by atoms with Crippen molar-refractivity contribution in [3.63, 3.8) is 0 Å². The van der Waals surface area contributed by atoms with E-state index in [2.05, 4.69) is 10.6 Å². The van der Waals surface area contributed by atoms with Crippen molar-refractivity contribution in [2.24, 2.45) is 5.92 Å². The maximum atomic E-state index is 11.6. The van der Waals surface area contributed by atoms with E-state index in [1.165, 1.54) is 5.56 Å². The van der Waals surface area contributed by atoms with Gasteiger partial charge in [0.05, 0.1) is 6.42 Å². The van der Waals surface area contributed by atoms with Crippen molar-refractivity contribution in [1.82, 2.24) is 10.6 Å². The number of benzene rings is 1. The molecule has 0 radical (unpaired) electrons. The number of amides is 1. The van der Waals surface area contributed by atoms with E-state index in [9.17, 15) is 4.79 Å². The second-order valence-corrected chi connectivity index (χ2v) is 4.49. The third kappa shape index (κ3) is 3.07. The van der Waals surface area contributed by atoms with Gasteiger partial charge in [0, 0.05) is 25.6 Å². The number of carbonyl (C=O) groups excluding carboxylic acids is 1. The first-order chi connectivity index (χ1) is 7.74. The van der Waals surface area contributed by atoms with Crippen molar-refractivity contribution in [3.05, 3.63) is 35.4 Å². The van der Waals surface area contributed by atoms with Gasteiger partial charge in [-0.1, -0.05) is 29.8 Å². The van der Waals surface area contributed by atoms with Crippen LogP contribution in [-0.4, -0.2) is 25.5 Å². The molecule has 1 aliphatic rings. The van der Waals surface area contributed by atoms with Gasteiger partial charge in [0.2, 0.25) is 5.91 Å². The number of aryl methyl sites for hydroxylation is 1. The predicted molar refractivity (Wildman–Crippen MR) is 64.3 cm³/mol. The van der Waals surface area contributed by atoms with E-state index in [1.54, 1.807) is 0 Å². The van der Waals surface area contributed by atoms with Crippen LogP contribution < -0.4 is 10.6 Å². The Kier molecular flexibility index (Phi) is 3.57. The van der Waals surface area contributed by atoms with Gasteiger partial charge in [-0.2, -0.15) is 0 Å². The first-order valence-electron chi connectivity index (χ1n) is 5.77. The molecule has 16 heavy (non-hydrogen) atoms. The maximum Gasteiger partial charge on any atom is 0.224 e. The van der Waals surface area contributed by atoms with Crippen LogP contribution in [0.5, 0.6) is 0 Å². The summed E-state index contributed by atoms with van der Waals surface area (Å²) in [6.45, 7) is 4.92. The minimum Gasteiger partial charge on any atom is -0.355 e. The van der Waals surface area contributed by atoms with E-state index in [1.807, 2.05) is 31.2 Å². The van der Waals surface area contributed by atoms with Gasteiger partial charge < -0.3 is 10.6 Å². The zero-order valence-electron chi connectivity index (χ0n) is 9.62. The van der Waals surface area contributed by atoms with Crippen LogP contribution in [0.25, 0.3) is 0 Å². The molecule has 1 fully saturated rings. The second kappa shape index (κ2) is 5.12. The summed E-state index contributed by atoms with van der Waals surface area (Å²) < 4.78 is 0. The highest BCUT2D eigenvalue weighted by Crippen LogP contribution is 2.04. The van der Waals surface area contributed by atoms with Crippen molar-refractivity contribution in [2.45, 2.75) is 13.3 Å². The highest BCUT2D eigenvalue weighted by molar-refractivity contribution is 5.78. The van der Waals surface area contributed by atoms with Gasteiger partial charge in [-0.25, -0.2) is 0 Å². The molecule has 86 valence electrons. The summed E-state index contributed by atoms with van der Waals surface area (Å²) in [4.78, 5) is 11.6. The fourth-order valence-corrected chi connectivity index (χ4v) is 1.70. The minimum absolute atomic E-state index is 0.121. The Labute approximate surface area is 96.2 Å². The van der Waals surface area contributed by atoms with E-state index in [4.69, 9.17) is 0 Å². The van der Waals surface area contributed by atoms with E-state index >= 15 is 0 Å². The van der Waals surface area contributed by atoms with E-state index in [-0.39, 0.29) is 5.91 Å². The molecular formula is C13H18N2O. The molecule has 1 saturated heterocycles. The molecule has 0 aromatic heterocycles. The molecule has 1 amide bonds. The molecule has 0 spiro atoms. The molecule has 1 heterocycles. The van der Waals surface area contributed by atoms with Crippen LogP contribution in [0.4, 0.5) is 0 Å². The van der Waals surface area contributed by atoms with Gasteiger partial charge >= 0.3 is 0 Å². The average Bonchev–Trinajstić information content (AvgIpc) is 2.19. The molecule has 1 aromatic rings. The summed E-state index contributed by atoms with van der Waals surface area (Å²) in [5.74, 6) is 0.748. The van der Waals surface area contributed by atoms with Crippen molar-refractivity contribution in [1.29, 1.82) is 0 Å². The molecule has 2 rings (SSSR count). The third-order valence-electron chi connectivity index (χ3n) is 2.94. The maximum absolute atomic E-state index is 11.6. The lowest BCUT2D eigenvalue weighted by Crippen LogP contribution is -2.48. The van der Waals surface area contributed by atoms with E-state index in [0.717, 1.165) is 25.2 Å². The zero-order valence-corrected chi connectivity index (χ0v) is 9.62. The molecule has 3 heteroatoms. The topological polar surface area (TPSA) is 41.1 Å². The normalized spacial score (nSPS) is 15.6. The van der Waals surface area contributed by atoms with Crippen molar-refractivity contribution in [3.8, 4) is 0 Å². The molecule has 1 aliphatic heterocycles. The summed E-state index contributed by atoms with van der Waals surface area (Å²) in [5.41, 5.74) is 2.31. The third-order valence-corrected chi connectivity index (χ3v) is 2.94. The molecule has 3 nitrogen and oxygen atoms in total. The average molecular weight is 218 g/mol. The minimum atomic E-state index is 0.121. The molecule has 2 N–H and O–H groups in total. The summed E-state index contributed by atoms with van der Waals surface area (Å²) in [7, 11) is 0. The fourth-order valence-electron chi connectivity index (χ4n) is 1.70. The lowest BCUT2D eigenvalue weighted by atomic mass is 10.0. The predicted octanol–water partition coefficient (Wildman–Crippen LogP) is 0.873. The Balaban J connectivity index is 1.75. The van der Waals surface area contributed by atoms with Gasteiger partial charge in [-0.3, -0.25) is 4.79 Å². The van der Waals surface area contributed by atoms with Crippen LogP contribution >= 0.6 is 0 Å². The second-order valence-electron chi connectivity index (χ2n) is 4.49. The van der Waals surface area contributed by atoms with Crippen LogP contribution in [0.15, 0.2) is 24.3 Å². The van der Waals surface area contributed by atoms with Gasteiger partial charge in [0.15, 0.2) is 0 Å². The molecule has 1 aromatic carbocycles. The van der Waals surface area contributed by atoms with E-state index < -0.39 is 0 Å². The summed E-state index contributed by atoms with van der Waals surface area (Å²) in [6, 6.07) is 8.11. The van der Waals surface area contributed by atoms with Gasteiger partial charge in [0.25, 0.3) is 0 Å². The smallest absolute Gasteiger partial charge is 0.224 e. The number of hydrogen-bond acceptors (Lipinski definition) is 2. The summed E-state index contributed by atoms with van der Waals surface area (Å²) in [6.07, 6.45) is 0.487. The van der Waals surface area contributed by atoms with Crippen LogP contribution in [0.3, 0.4) is 0 Å². The Morgan fingerprint density at radius 1 is 1.38 bits per heavy atom. The van der Waals surface area contributed by atoms with Gasteiger partial charge in [-0.15, -0.1) is 0 Å². The van der Waals surface area contributed by atoms with Crippen LogP contribution in [0.2, 0.25) is 0 Å².